The largest absolute Gasteiger partial charge is 0.497 e. The Morgan fingerprint density at radius 3 is 2.42 bits per heavy atom. The Hall–Kier alpha value is -2.14. The zero-order valence-electron chi connectivity index (χ0n) is 15.7. The van der Waals surface area contributed by atoms with Crippen LogP contribution in [0.1, 0.15) is 32.1 Å². The molecule has 1 aliphatic carbocycles. The van der Waals surface area contributed by atoms with Gasteiger partial charge in [-0.1, -0.05) is 12.5 Å². The van der Waals surface area contributed by atoms with E-state index in [-0.39, 0.29) is 0 Å². The molecular weight excluding hydrogens is 324 g/mol. The van der Waals surface area contributed by atoms with Gasteiger partial charge in [0.2, 0.25) is 5.95 Å². The Morgan fingerprint density at radius 2 is 1.73 bits per heavy atom. The van der Waals surface area contributed by atoms with Crippen LogP contribution in [-0.4, -0.2) is 49.3 Å². The van der Waals surface area contributed by atoms with Crippen molar-refractivity contribution in [3.05, 3.63) is 42.7 Å². The lowest BCUT2D eigenvalue weighted by Crippen LogP contribution is -2.66. The first-order valence-corrected chi connectivity index (χ1v) is 9.85. The van der Waals surface area contributed by atoms with E-state index >= 15 is 0 Å². The summed E-state index contributed by atoms with van der Waals surface area (Å²) in [4.78, 5) is 11.2. The van der Waals surface area contributed by atoms with Crippen LogP contribution in [0.15, 0.2) is 42.7 Å². The van der Waals surface area contributed by atoms with Gasteiger partial charge in [-0.3, -0.25) is 4.48 Å². The summed E-state index contributed by atoms with van der Waals surface area (Å²) in [5.41, 5.74) is 1.41. The minimum Gasteiger partial charge on any atom is -0.497 e. The molecule has 2 aromatic rings. The van der Waals surface area contributed by atoms with E-state index in [0.29, 0.717) is 0 Å². The van der Waals surface area contributed by atoms with Crippen molar-refractivity contribution in [2.45, 2.75) is 38.1 Å². The average molecular weight is 353 g/mol. The van der Waals surface area contributed by atoms with Crippen LogP contribution in [0.4, 0.5) is 11.6 Å². The van der Waals surface area contributed by atoms with Gasteiger partial charge >= 0.3 is 0 Å². The molecule has 0 spiro atoms. The number of rotatable bonds is 4. The van der Waals surface area contributed by atoms with Gasteiger partial charge in [-0.25, -0.2) is 9.97 Å². The van der Waals surface area contributed by atoms with Crippen LogP contribution >= 0.6 is 0 Å². The van der Waals surface area contributed by atoms with E-state index in [0.717, 1.165) is 48.4 Å². The van der Waals surface area contributed by atoms with Gasteiger partial charge in [-0.2, -0.15) is 0 Å². The van der Waals surface area contributed by atoms with E-state index in [1.54, 1.807) is 7.11 Å². The molecule has 0 radical (unpaired) electrons. The van der Waals surface area contributed by atoms with Gasteiger partial charge in [-0.15, -0.1) is 0 Å². The number of methoxy groups -OCH3 is 1. The van der Waals surface area contributed by atoms with E-state index in [1.165, 1.54) is 37.8 Å². The number of quaternary nitrogens is 1. The maximum atomic E-state index is 5.53. The molecule has 1 aromatic heterocycles. The number of anilines is 1. The van der Waals surface area contributed by atoms with Crippen LogP contribution in [0, 0.1) is 0 Å². The second kappa shape index (κ2) is 7.62. The number of nitrogens with zero attached hydrogens (tertiary/aromatic N) is 4. The molecule has 1 aliphatic heterocycles. The van der Waals surface area contributed by atoms with Crippen molar-refractivity contribution in [2.24, 2.45) is 0 Å². The molecule has 2 heterocycles. The first kappa shape index (κ1) is 17.3. The van der Waals surface area contributed by atoms with Gasteiger partial charge < -0.3 is 9.64 Å². The number of ether oxygens (including phenoxy) is 1. The van der Waals surface area contributed by atoms with Crippen molar-refractivity contribution in [2.75, 3.05) is 38.2 Å². The highest BCUT2D eigenvalue weighted by atomic mass is 16.5. The normalized spacial score (nSPS) is 20.7. The van der Waals surface area contributed by atoms with Crippen LogP contribution < -0.4 is 14.1 Å². The first-order valence-electron chi connectivity index (χ1n) is 9.85. The van der Waals surface area contributed by atoms with Crippen molar-refractivity contribution in [3.63, 3.8) is 0 Å². The highest BCUT2D eigenvalue weighted by molar-refractivity contribution is 5.50. The van der Waals surface area contributed by atoms with Gasteiger partial charge in [0.15, 0.2) is 0 Å². The molecule has 138 valence electrons. The second-order valence-corrected chi connectivity index (χ2v) is 7.51. The highest BCUT2D eigenvalue weighted by Crippen LogP contribution is 2.37. The lowest BCUT2D eigenvalue weighted by Gasteiger charge is -2.50. The molecule has 26 heavy (non-hydrogen) atoms. The molecule has 2 fully saturated rings. The standard InChI is InChI=1S/C21H29N4O/c1-26-20-10-5-9-19(17-20)25(18-7-3-2-4-8-18)15-13-24(14-16-25)21-22-11-6-12-23-21/h5-6,9-12,17-18H,2-4,7-8,13-16H2,1H3/q+1. The maximum Gasteiger partial charge on any atom is 0.225 e. The molecule has 5 heteroatoms. The fourth-order valence-corrected chi connectivity index (χ4v) is 4.77. The van der Waals surface area contributed by atoms with E-state index in [1.807, 2.05) is 18.5 Å². The number of benzene rings is 1. The summed E-state index contributed by atoms with van der Waals surface area (Å²) in [5.74, 6) is 1.82. The molecule has 0 amide bonds. The maximum absolute atomic E-state index is 5.53. The Labute approximate surface area is 156 Å². The van der Waals surface area contributed by atoms with E-state index in [2.05, 4.69) is 39.1 Å². The van der Waals surface area contributed by atoms with E-state index in [4.69, 9.17) is 4.74 Å². The number of hydrogen-bond donors (Lipinski definition) is 0. The Bertz CT molecular complexity index is 707. The minimum atomic E-state index is 0.717. The smallest absolute Gasteiger partial charge is 0.225 e. The fraction of sp³-hybridized carbons (Fsp3) is 0.524. The first-order chi connectivity index (χ1) is 12.8. The van der Waals surface area contributed by atoms with Crippen LogP contribution in [-0.2, 0) is 0 Å². The average Bonchev–Trinajstić information content (AvgIpc) is 2.75. The summed E-state index contributed by atoms with van der Waals surface area (Å²) in [7, 11) is 1.76. The molecule has 5 nitrogen and oxygen atoms in total. The Morgan fingerprint density at radius 1 is 1.00 bits per heavy atom. The van der Waals surface area contributed by atoms with Crippen LogP contribution in [0.2, 0.25) is 0 Å². The summed E-state index contributed by atoms with van der Waals surface area (Å²) >= 11 is 0. The highest BCUT2D eigenvalue weighted by Gasteiger charge is 2.43. The summed E-state index contributed by atoms with van der Waals surface area (Å²) < 4.78 is 6.61. The summed E-state index contributed by atoms with van der Waals surface area (Å²) in [5, 5.41) is 0. The molecule has 0 N–H and O–H groups in total. The second-order valence-electron chi connectivity index (χ2n) is 7.51. The third-order valence-corrected chi connectivity index (χ3v) is 6.21. The van der Waals surface area contributed by atoms with Crippen LogP contribution in [0.3, 0.4) is 0 Å². The van der Waals surface area contributed by atoms with Crippen molar-refractivity contribution < 1.29 is 4.74 Å². The van der Waals surface area contributed by atoms with Crippen molar-refractivity contribution >= 4 is 11.6 Å². The van der Waals surface area contributed by atoms with Crippen LogP contribution in [0.5, 0.6) is 5.75 Å². The van der Waals surface area contributed by atoms with Gasteiger partial charge in [-0.05, 0) is 43.9 Å². The molecule has 1 saturated carbocycles. The lowest BCUT2D eigenvalue weighted by molar-refractivity contribution is 0.149. The minimum absolute atomic E-state index is 0.717. The SMILES string of the molecule is COc1cccc([N+]2(C3CCCCC3)CCN(c3ncccn3)CC2)c1. The zero-order chi connectivity index (χ0) is 17.8. The number of hydrogen-bond acceptors (Lipinski definition) is 4. The van der Waals surface area contributed by atoms with Gasteiger partial charge in [0.25, 0.3) is 0 Å². The Balaban J connectivity index is 1.62. The van der Waals surface area contributed by atoms with Gasteiger partial charge in [0, 0.05) is 18.5 Å². The molecule has 1 aromatic carbocycles. The summed E-state index contributed by atoms with van der Waals surface area (Å²) in [6.45, 7) is 4.21. The topological polar surface area (TPSA) is 38.2 Å². The van der Waals surface area contributed by atoms with Crippen molar-refractivity contribution in [3.8, 4) is 5.75 Å². The summed E-state index contributed by atoms with van der Waals surface area (Å²) in [6, 6.07) is 11.3. The molecule has 1 saturated heterocycles. The zero-order valence-corrected chi connectivity index (χ0v) is 15.7. The lowest BCUT2D eigenvalue weighted by atomic mass is 9.90. The molecule has 0 bridgehead atoms. The van der Waals surface area contributed by atoms with Crippen molar-refractivity contribution in [1.82, 2.24) is 14.5 Å². The molecular formula is C21H29N4O+. The third-order valence-electron chi connectivity index (χ3n) is 6.21. The van der Waals surface area contributed by atoms with Gasteiger partial charge in [0.05, 0.1) is 26.2 Å². The van der Waals surface area contributed by atoms with E-state index in [9.17, 15) is 0 Å². The van der Waals surface area contributed by atoms with Crippen LogP contribution in [0.25, 0.3) is 0 Å². The van der Waals surface area contributed by atoms with Crippen molar-refractivity contribution in [1.29, 1.82) is 0 Å². The molecule has 4 rings (SSSR count). The molecule has 0 unspecified atom stereocenters. The predicted octanol–water partition coefficient (Wildman–Crippen LogP) is 3.65. The predicted molar refractivity (Wildman–Crippen MR) is 106 cm³/mol. The molecule has 0 atom stereocenters. The Kier molecular flexibility index (Phi) is 5.07. The van der Waals surface area contributed by atoms with Gasteiger partial charge in [0.1, 0.15) is 24.5 Å². The monoisotopic (exact) mass is 353 g/mol. The molecule has 2 aliphatic rings. The fourth-order valence-electron chi connectivity index (χ4n) is 4.77. The number of aromatic nitrogens is 2. The summed E-state index contributed by atoms with van der Waals surface area (Å²) in [6.07, 6.45) is 10.4. The van der Waals surface area contributed by atoms with E-state index < -0.39 is 0 Å². The quantitative estimate of drug-likeness (QED) is 0.787. The number of piperazine rings is 1. The third kappa shape index (κ3) is 3.28.